The van der Waals surface area contributed by atoms with Gasteiger partial charge in [-0.25, -0.2) is 4.39 Å². The maximum atomic E-state index is 13.0. The van der Waals surface area contributed by atoms with Crippen LogP contribution in [0.1, 0.15) is 25.3 Å². The molecule has 0 N–H and O–H groups in total. The molecule has 1 aliphatic rings. The molecule has 1 aromatic heterocycles. The van der Waals surface area contributed by atoms with Gasteiger partial charge in [0.15, 0.2) is 0 Å². The van der Waals surface area contributed by atoms with E-state index in [1.807, 2.05) is 12.1 Å². The van der Waals surface area contributed by atoms with Crippen LogP contribution in [0.5, 0.6) is 0 Å². The number of rotatable bonds is 4. The number of halogens is 1. The maximum absolute atomic E-state index is 13.0. The zero-order chi connectivity index (χ0) is 18.2. The molecule has 1 saturated heterocycles. The van der Waals surface area contributed by atoms with E-state index in [2.05, 4.69) is 35.9 Å². The molecule has 1 fully saturated rings. The molecule has 1 aromatic carbocycles. The summed E-state index contributed by atoms with van der Waals surface area (Å²) in [5.74, 6) is 6.06. The average molecular weight is 351 g/mol. The minimum absolute atomic E-state index is 0.258. The Hall–Kier alpha value is -2.48. The van der Waals surface area contributed by atoms with Crippen LogP contribution < -0.4 is 0 Å². The first-order valence-electron chi connectivity index (χ1n) is 8.88. The van der Waals surface area contributed by atoms with E-state index in [1.165, 1.54) is 12.1 Å². The number of benzene rings is 1. The lowest BCUT2D eigenvalue weighted by Crippen LogP contribution is -2.30. The van der Waals surface area contributed by atoms with Gasteiger partial charge in [0.25, 0.3) is 0 Å². The summed E-state index contributed by atoms with van der Waals surface area (Å²) in [6.07, 6.45) is 7.77. The number of hydrogen-bond acceptors (Lipinski definition) is 3. The number of pyridine rings is 1. The summed E-state index contributed by atoms with van der Waals surface area (Å²) < 4.78 is 24.3. The first-order chi connectivity index (χ1) is 12.7. The maximum Gasteiger partial charge on any atom is 0.222 e. The molecule has 4 heteroatoms. The first-order valence-corrected chi connectivity index (χ1v) is 8.88. The van der Waals surface area contributed by atoms with Crippen molar-refractivity contribution in [3.63, 3.8) is 0 Å². The number of aromatic nitrogens is 1. The lowest BCUT2D eigenvalue weighted by atomic mass is 10.1. The van der Waals surface area contributed by atoms with E-state index in [0.717, 1.165) is 29.7 Å². The topological polar surface area (TPSA) is 31.4 Å². The predicted octanol–water partition coefficient (Wildman–Crippen LogP) is 4.58. The predicted molar refractivity (Wildman–Crippen MR) is 99.7 cm³/mol. The van der Waals surface area contributed by atoms with Crippen molar-refractivity contribution >= 4 is 0 Å². The molecule has 3 nitrogen and oxygen atoms in total. The number of nitrogens with zero attached hydrogens (tertiary/aromatic N) is 1. The Kier molecular flexibility index (Phi) is 6.54. The van der Waals surface area contributed by atoms with E-state index in [0.29, 0.717) is 19.1 Å². The van der Waals surface area contributed by atoms with Crippen molar-refractivity contribution in [2.75, 3.05) is 13.2 Å². The Bertz CT molecular complexity index is 780. The second kappa shape index (κ2) is 9.28. The van der Waals surface area contributed by atoms with Gasteiger partial charge in [-0.3, -0.25) is 4.98 Å². The third-order valence-electron chi connectivity index (χ3n) is 4.02. The summed E-state index contributed by atoms with van der Waals surface area (Å²) in [6.45, 7) is 3.41. The summed E-state index contributed by atoms with van der Waals surface area (Å²) >= 11 is 0. The summed E-state index contributed by atoms with van der Waals surface area (Å²) in [5, 5.41) is 0. The van der Waals surface area contributed by atoms with Gasteiger partial charge < -0.3 is 9.47 Å². The second-order valence-corrected chi connectivity index (χ2v) is 6.18. The third-order valence-corrected chi connectivity index (χ3v) is 4.02. The van der Waals surface area contributed by atoms with Gasteiger partial charge in [-0.2, -0.15) is 0 Å². The summed E-state index contributed by atoms with van der Waals surface area (Å²) in [6, 6.07) is 10.0. The zero-order valence-electron chi connectivity index (χ0n) is 14.8. The Morgan fingerprint density at radius 2 is 1.92 bits per heavy atom. The molecular formula is C22H22FNO2. The van der Waals surface area contributed by atoms with E-state index in [9.17, 15) is 4.39 Å². The second-order valence-electron chi connectivity index (χ2n) is 6.18. The Balaban J connectivity index is 1.55. The van der Waals surface area contributed by atoms with Gasteiger partial charge in [-0.05, 0) is 48.7 Å². The molecule has 0 radical (unpaired) electrons. The number of allylic oxidation sites excluding steroid dienone is 1. The van der Waals surface area contributed by atoms with Crippen LogP contribution in [0.2, 0.25) is 0 Å². The van der Waals surface area contributed by atoms with Crippen molar-refractivity contribution in [3.05, 3.63) is 66.1 Å². The highest BCUT2D eigenvalue weighted by Gasteiger charge is 2.18. The molecule has 0 saturated carbocycles. The molecule has 0 atom stereocenters. The molecule has 0 amide bonds. The fourth-order valence-corrected chi connectivity index (χ4v) is 2.57. The van der Waals surface area contributed by atoms with Crippen LogP contribution in [0.25, 0.3) is 11.3 Å². The van der Waals surface area contributed by atoms with Gasteiger partial charge in [0.05, 0.1) is 18.9 Å². The number of unbranched alkanes of at least 4 members (excludes halogenated alkanes) is 1. The molecule has 2 aromatic rings. The Morgan fingerprint density at radius 1 is 1.15 bits per heavy atom. The van der Waals surface area contributed by atoms with Crippen LogP contribution in [-0.2, 0) is 9.47 Å². The SMILES string of the molecule is CCCC=CC1COC(C#Cc2ccc(-c3ccc(F)cc3)nc2)OC1. The van der Waals surface area contributed by atoms with Crippen molar-refractivity contribution < 1.29 is 13.9 Å². The molecule has 0 bridgehead atoms. The van der Waals surface area contributed by atoms with Crippen LogP contribution in [0.4, 0.5) is 4.39 Å². The fourth-order valence-electron chi connectivity index (χ4n) is 2.57. The zero-order valence-corrected chi connectivity index (χ0v) is 14.8. The average Bonchev–Trinajstić information content (AvgIpc) is 2.69. The summed E-state index contributed by atoms with van der Waals surface area (Å²) in [7, 11) is 0. The highest BCUT2D eigenvalue weighted by atomic mass is 19.1. The minimum atomic E-state index is -0.498. The molecule has 0 unspecified atom stereocenters. The molecule has 26 heavy (non-hydrogen) atoms. The lowest BCUT2D eigenvalue weighted by molar-refractivity contribution is -0.160. The van der Waals surface area contributed by atoms with E-state index in [1.54, 1.807) is 18.3 Å². The monoisotopic (exact) mass is 351 g/mol. The van der Waals surface area contributed by atoms with Gasteiger partial charge >= 0.3 is 0 Å². The largest absolute Gasteiger partial charge is 0.341 e. The minimum Gasteiger partial charge on any atom is -0.341 e. The highest BCUT2D eigenvalue weighted by molar-refractivity contribution is 5.59. The quantitative estimate of drug-likeness (QED) is 0.597. The van der Waals surface area contributed by atoms with Crippen molar-refractivity contribution in [1.82, 2.24) is 4.98 Å². The van der Waals surface area contributed by atoms with Crippen LogP contribution >= 0.6 is 0 Å². The molecule has 1 aliphatic heterocycles. The van der Waals surface area contributed by atoms with Crippen LogP contribution in [0, 0.1) is 23.6 Å². The van der Waals surface area contributed by atoms with Crippen molar-refractivity contribution in [2.24, 2.45) is 5.92 Å². The van der Waals surface area contributed by atoms with Gasteiger partial charge in [-0.15, -0.1) is 0 Å². The van der Waals surface area contributed by atoms with E-state index < -0.39 is 6.29 Å². The number of ether oxygens (including phenoxy) is 2. The van der Waals surface area contributed by atoms with E-state index >= 15 is 0 Å². The smallest absolute Gasteiger partial charge is 0.222 e. The molecule has 0 aliphatic carbocycles. The summed E-state index contributed by atoms with van der Waals surface area (Å²) in [4.78, 5) is 4.38. The summed E-state index contributed by atoms with van der Waals surface area (Å²) in [5.41, 5.74) is 2.43. The molecule has 134 valence electrons. The van der Waals surface area contributed by atoms with Gasteiger partial charge in [0, 0.05) is 23.2 Å². The van der Waals surface area contributed by atoms with Gasteiger partial charge in [0.1, 0.15) is 5.82 Å². The van der Waals surface area contributed by atoms with Crippen molar-refractivity contribution in [3.8, 4) is 23.1 Å². The van der Waals surface area contributed by atoms with Crippen LogP contribution in [0.15, 0.2) is 54.7 Å². The van der Waals surface area contributed by atoms with Crippen molar-refractivity contribution in [2.45, 2.75) is 26.1 Å². The van der Waals surface area contributed by atoms with Gasteiger partial charge in [-0.1, -0.05) is 31.4 Å². The van der Waals surface area contributed by atoms with Crippen LogP contribution in [-0.4, -0.2) is 24.5 Å². The number of hydrogen-bond donors (Lipinski definition) is 0. The highest BCUT2D eigenvalue weighted by Crippen LogP contribution is 2.17. The Morgan fingerprint density at radius 3 is 2.58 bits per heavy atom. The van der Waals surface area contributed by atoms with E-state index in [4.69, 9.17) is 9.47 Å². The first kappa shape index (κ1) is 18.3. The lowest BCUT2D eigenvalue weighted by Gasteiger charge is -2.24. The molecule has 0 spiro atoms. The Labute approximate surface area is 153 Å². The van der Waals surface area contributed by atoms with Crippen LogP contribution in [0.3, 0.4) is 0 Å². The van der Waals surface area contributed by atoms with E-state index in [-0.39, 0.29) is 5.82 Å². The normalized spacial score (nSPS) is 19.9. The molecule has 3 rings (SSSR count). The standard InChI is InChI=1S/C22H22FNO2/c1-2-3-4-5-18-15-25-22(26-16-18)13-7-17-6-12-21(24-14-17)19-8-10-20(23)11-9-19/h4-6,8-12,14,18,22H,2-3,15-16H2,1H3. The third kappa shape index (κ3) is 5.26. The molecule has 2 heterocycles. The van der Waals surface area contributed by atoms with Gasteiger partial charge in [0.2, 0.25) is 6.29 Å². The molecular weight excluding hydrogens is 329 g/mol. The fraction of sp³-hybridized carbons (Fsp3) is 0.318. The van der Waals surface area contributed by atoms with Crippen molar-refractivity contribution in [1.29, 1.82) is 0 Å².